The fraction of sp³-hybridized carbons (Fsp3) is 0.471. The van der Waals surface area contributed by atoms with Crippen LogP contribution < -0.4 is 15.5 Å². The molecule has 0 bridgehead atoms. The number of piperidine rings is 1. The van der Waals surface area contributed by atoms with Gasteiger partial charge in [0.15, 0.2) is 5.82 Å². The number of rotatable bonds is 2. The average Bonchev–Trinajstić information content (AvgIpc) is 2.94. The molecule has 3 amide bonds. The number of benzene rings is 1. The molecule has 4 rings (SSSR count). The van der Waals surface area contributed by atoms with Crippen LogP contribution in [0, 0.1) is 5.82 Å². The van der Waals surface area contributed by atoms with Gasteiger partial charge in [0.25, 0.3) is 5.91 Å². The zero-order valence-electron chi connectivity index (χ0n) is 13.7. The lowest BCUT2D eigenvalue weighted by atomic mass is 10.0. The van der Waals surface area contributed by atoms with Crippen molar-refractivity contribution < 1.29 is 18.8 Å². The molecule has 0 saturated carbocycles. The van der Waals surface area contributed by atoms with Crippen LogP contribution in [0.2, 0.25) is 0 Å². The standard InChI is InChI=1S/C17H19FN4O3/c18-15-11-9-22(13-3-4-14(23)20-16(13)24)17(25)10(11)1-2-12(15)21-7-5-19-6-8-21/h1-2,13,19H,3-9H2,(H,20,23,24). The van der Waals surface area contributed by atoms with Gasteiger partial charge in [0.2, 0.25) is 11.8 Å². The summed E-state index contributed by atoms with van der Waals surface area (Å²) in [6.07, 6.45) is 0.460. The summed E-state index contributed by atoms with van der Waals surface area (Å²) in [5.41, 5.74) is 1.14. The van der Waals surface area contributed by atoms with Gasteiger partial charge in [-0.05, 0) is 18.6 Å². The number of hydrogen-bond donors (Lipinski definition) is 2. The summed E-state index contributed by atoms with van der Waals surface area (Å²) >= 11 is 0. The van der Waals surface area contributed by atoms with E-state index >= 15 is 4.39 Å². The number of hydrogen-bond acceptors (Lipinski definition) is 5. The Morgan fingerprint density at radius 1 is 1.12 bits per heavy atom. The Morgan fingerprint density at radius 3 is 2.60 bits per heavy atom. The van der Waals surface area contributed by atoms with Crippen LogP contribution in [-0.2, 0) is 16.1 Å². The van der Waals surface area contributed by atoms with Crippen molar-refractivity contribution in [3.63, 3.8) is 0 Å². The molecule has 2 fully saturated rings. The van der Waals surface area contributed by atoms with Crippen LogP contribution in [0.5, 0.6) is 0 Å². The van der Waals surface area contributed by atoms with Crippen molar-refractivity contribution >= 4 is 23.4 Å². The van der Waals surface area contributed by atoms with Crippen molar-refractivity contribution in [3.05, 3.63) is 29.1 Å². The minimum absolute atomic E-state index is 0.0617. The van der Waals surface area contributed by atoms with Gasteiger partial charge in [-0.1, -0.05) is 0 Å². The maximum absolute atomic E-state index is 15.0. The van der Waals surface area contributed by atoms with E-state index in [1.54, 1.807) is 12.1 Å². The number of nitrogens with one attached hydrogen (secondary N) is 2. The van der Waals surface area contributed by atoms with Gasteiger partial charge in [-0.3, -0.25) is 19.7 Å². The van der Waals surface area contributed by atoms with E-state index < -0.39 is 11.9 Å². The van der Waals surface area contributed by atoms with Crippen molar-refractivity contribution in [2.24, 2.45) is 0 Å². The van der Waals surface area contributed by atoms with Crippen molar-refractivity contribution in [2.45, 2.75) is 25.4 Å². The molecule has 1 aromatic rings. The maximum atomic E-state index is 15.0. The Balaban J connectivity index is 1.61. The molecule has 1 aromatic carbocycles. The second-order valence-corrected chi connectivity index (χ2v) is 6.56. The van der Waals surface area contributed by atoms with Crippen LogP contribution in [0.3, 0.4) is 0 Å². The first-order valence-corrected chi connectivity index (χ1v) is 8.48. The summed E-state index contributed by atoms with van der Waals surface area (Å²) in [7, 11) is 0. The van der Waals surface area contributed by atoms with Crippen LogP contribution in [-0.4, -0.2) is 54.8 Å². The molecule has 1 atom stereocenters. The SMILES string of the molecule is O=C1CCC(N2Cc3c(ccc(N4CCNCC4)c3F)C2=O)C(=O)N1. The van der Waals surface area contributed by atoms with Gasteiger partial charge in [-0.15, -0.1) is 0 Å². The van der Waals surface area contributed by atoms with Crippen molar-refractivity contribution in [1.82, 2.24) is 15.5 Å². The van der Waals surface area contributed by atoms with Crippen LogP contribution in [0.25, 0.3) is 0 Å². The highest BCUT2D eigenvalue weighted by molar-refractivity contribution is 6.05. The maximum Gasteiger partial charge on any atom is 0.255 e. The van der Waals surface area contributed by atoms with E-state index in [4.69, 9.17) is 0 Å². The Morgan fingerprint density at radius 2 is 1.88 bits per heavy atom. The highest BCUT2D eigenvalue weighted by Crippen LogP contribution is 2.33. The smallest absolute Gasteiger partial charge is 0.255 e. The quantitative estimate of drug-likeness (QED) is 0.737. The van der Waals surface area contributed by atoms with Crippen LogP contribution in [0.1, 0.15) is 28.8 Å². The number of nitrogens with zero attached hydrogens (tertiary/aromatic N) is 2. The Bertz CT molecular complexity index is 761. The van der Waals surface area contributed by atoms with Gasteiger partial charge in [0, 0.05) is 43.7 Å². The third-order valence-corrected chi connectivity index (χ3v) is 5.09. The molecule has 7 nitrogen and oxygen atoms in total. The lowest BCUT2D eigenvalue weighted by Crippen LogP contribution is -2.52. The first kappa shape index (κ1) is 16.0. The molecule has 3 heterocycles. The van der Waals surface area contributed by atoms with Crippen LogP contribution >= 0.6 is 0 Å². The Labute approximate surface area is 144 Å². The molecule has 8 heteroatoms. The Kier molecular flexibility index (Phi) is 3.91. The van der Waals surface area contributed by atoms with Gasteiger partial charge in [0.1, 0.15) is 6.04 Å². The molecule has 2 saturated heterocycles. The van der Waals surface area contributed by atoms with E-state index in [1.807, 2.05) is 4.90 Å². The second kappa shape index (κ2) is 6.11. The van der Waals surface area contributed by atoms with E-state index in [9.17, 15) is 14.4 Å². The number of amides is 3. The van der Waals surface area contributed by atoms with E-state index in [-0.39, 0.29) is 37.0 Å². The minimum atomic E-state index is -0.723. The molecule has 2 N–H and O–H groups in total. The van der Waals surface area contributed by atoms with E-state index in [0.29, 0.717) is 29.9 Å². The summed E-state index contributed by atoms with van der Waals surface area (Å²) in [6.45, 7) is 3.06. The zero-order valence-corrected chi connectivity index (χ0v) is 13.7. The lowest BCUT2D eigenvalue weighted by molar-refractivity contribution is -0.136. The zero-order chi connectivity index (χ0) is 17.6. The van der Waals surface area contributed by atoms with Gasteiger partial charge >= 0.3 is 0 Å². The summed E-state index contributed by atoms with van der Waals surface area (Å²) in [4.78, 5) is 39.3. The molecule has 1 unspecified atom stereocenters. The largest absolute Gasteiger partial charge is 0.367 e. The number of halogens is 1. The van der Waals surface area contributed by atoms with Gasteiger partial charge in [-0.25, -0.2) is 4.39 Å². The molecule has 25 heavy (non-hydrogen) atoms. The highest BCUT2D eigenvalue weighted by atomic mass is 19.1. The molecule has 3 aliphatic rings. The highest BCUT2D eigenvalue weighted by Gasteiger charge is 2.40. The number of carbonyl (C=O) groups is 3. The third-order valence-electron chi connectivity index (χ3n) is 5.09. The first-order chi connectivity index (χ1) is 12.1. The van der Waals surface area contributed by atoms with Gasteiger partial charge < -0.3 is 15.1 Å². The number of anilines is 1. The number of fused-ring (bicyclic) bond motifs is 1. The Hall–Kier alpha value is -2.48. The lowest BCUT2D eigenvalue weighted by Gasteiger charge is -2.30. The predicted molar refractivity (Wildman–Crippen MR) is 87.5 cm³/mol. The molecule has 0 spiro atoms. The molecule has 132 valence electrons. The third kappa shape index (κ3) is 2.66. The minimum Gasteiger partial charge on any atom is -0.367 e. The normalized spacial score (nSPS) is 23.7. The number of carbonyl (C=O) groups excluding carboxylic acids is 3. The van der Waals surface area contributed by atoms with Crippen LogP contribution in [0.15, 0.2) is 12.1 Å². The molecule has 3 aliphatic heterocycles. The van der Waals surface area contributed by atoms with Crippen molar-refractivity contribution in [2.75, 3.05) is 31.1 Å². The summed E-state index contributed by atoms with van der Waals surface area (Å²) in [6, 6.07) is 2.56. The number of imide groups is 1. The molecule has 0 radical (unpaired) electrons. The first-order valence-electron chi connectivity index (χ1n) is 8.48. The molecular weight excluding hydrogens is 327 g/mol. The fourth-order valence-corrected chi connectivity index (χ4v) is 3.74. The average molecular weight is 346 g/mol. The van der Waals surface area contributed by atoms with Gasteiger partial charge in [-0.2, -0.15) is 0 Å². The van der Waals surface area contributed by atoms with Crippen molar-refractivity contribution in [3.8, 4) is 0 Å². The fourth-order valence-electron chi connectivity index (χ4n) is 3.74. The summed E-state index contributed by atoms with van der Waals surface area (Å²) in [5, 5.41) is 5.47. The van der Waals surface area contributed by atoms with Gasteiger partial charge in [0.05, 0.1) is 12.2 Å². The summed E-state index contributed by atoms with van der Waals surface area (Å²) < 4.78 is 15.0. The predicted octanol–water partition coefficient (Wildman–Crippen LogP) is -0.00370. The van der Waals surface area contributed by atoms with Crippen LogP contribution in [0.4, 0.5) is 10.1 Å². The summed E-state index contributed by atoms with van der Waals surface area (Å²) in [5.74, 6) is -1.56. The van der Waals surface area contributed by atoms with Crippen molar-refractivity contribution in [1.29, 1.82) is 0 Å². The molecule has 0 aliphatic carbocycles. The van der Waals surface area contributed by atoms with E-state index in [1.165, 1.54) is 4.90 Å². The second-order valence-electron chi connectivity index (χ2n) is 6.56. The monoisotopic (exact) mass is 346 g/mol. The number of piperazine rings is 1. The van der Waals surface area contributed by atoms with E-state index in [2.05, 4.69) is 10.6 Å². The molecular formula is C17H19FN4O3. The molecule has 0 aromatic heterocycles. The topological polar surface area (TPSA) is 81.8 Å². The van der Waals surface area contributed by atoms with E-state index in [0.717, 1.165) is 13.1 Å².